The number of carboxylic acid groups (broad SMARTS) is 1. The van der Waals surface area contributed by atoms with Crippen LogP contribution in [0, 0.1) is 6.92 Å². The molecule has 0 bridgehead atoms. The third-order valence-electron chi connectivity index (χ3n) is 2.98. The lowest BCUT2D eigenvalue weighted by Crippen LogP contribution is -2.06. The van der Waals surface area contributed by atoms with Gasteiger partial charge in [-0.3, -0.25) is 4.79 Å². The monoisotopic (exact) mass is 259 g/mol. The van der Waals surface area contributed by atoms with Crippen molar-refractivity contribution in [2.45, 2.75) is 26.2 Å². The van der Waals surface area contributed by atoms with Crippen LogP contribution in [0.1, 0.15) is 25.0 Å². The van der Waals surface area contributed by atoms with E-state index in [1.54, 1.807) is 0 Å². The molecule has 1 heterocycles. The van der Waals surface area contributed by atoms with Crippen LogP contribution in [0.25, 0.3) is 10.8 Å². The van der Waals surface area contributed by atoms with Crippen LogP contribution < -0.4 is 5.32 Å². The van der Waals surface area contributed by atoms with Crippen LogP contribution in [0.15, 0.2) is 24.3 Å². The van der Waals surface area contributed by atoms with Gasteiger partial charge in [-0.15, -0.1) is 5.10 Å². The van der Waals surface area contributed by atoms with E-state index in [9.17, 15) is 4.79 Å². The molecule has 19 heavy (non-hydrogen) atoms. The number of nitrogens with zero attached hydrogens (tertiary/aromatic N) is 2. The zero-order chi connectivity index (χ0) is 13.7. The van der Waals surface area contributed by atoms with Gasteiger partial charge in [0.25, 0.3) is 0 Å². The third-order valence-corrected chi connectivity index (χ3v) is 2.98. The number of carbonyl (C=O) groups is 1. The largest absolute Gasteiger partial charge is 0.481 e. The van der Waals surface area contributed by atoms with Gasteiger partial charge in [0.1, 0.15) is 0 Å². The lowest BCUT2D eigenvalue weighted by atomic mass is 10.1. The van der Waals surface area contributed by atoms with Gasteiger partial charge < -0.3 is 10.4 Å². The van der Waals surface area contributed by atoms with Crippen LogP contribution in [-0.4, -0.2) is 27.8 Å². The summed E-state index contributed by atoms with van der Waals surface area (Å²) in [5.74, 6) is 0.0112. The molecule has 0 radical (unpaired) electrons. The molecule has 5 heteroatoms. The van der Waals surface area contributed by atoms with Gasteiger partial charge >= 0.3 is 5.97 Å². The van der Waals surface area contributed by atoms with Crippen LogP contribution in [-0.2, 0) is 4.79 Å². The zero-order valence-electron chi connectivity index (χ0n) is 10.9. The van der Waals surface area contributed by atoms with E-state index in [1.165, 1.54) is 0 Å². The smallest absolute Gasteiger partial charge is 0.303 e. The number of benzene rings is 1. The summed E-state index contributed by atoms with van der Waals surface area (Å²) >= 11 is 0. The molecule has 0 saturated heterocycles. The van der Waals surface area contributed by atoms with Crippen molar-refractivity contribution >= 4 is 22.6 Å². The molecule has 2 N–H and O–H groups in total. The normalized spacial score (nSPS) is 10.6. The van der Waals surface area contributed by atoms with Crippen molar-refractivity contribution in [3.05, 3.63) is 30.0 Å². The number of nitrogens with one attached hydrogen (secondary N) is 1. The van der Waals surface area contributed by atoms with Gasteiger partial charge in [0.2, 0.25) is 0 Å². The Morgan fingerprint density at radius 1 is 1.21 bits per heavy atom. The average Bonchev–Trinajstić information content (AvgIpc) is 2.41. The predicted molar refractivity (Wildman–Crippen MR) is 74.3 cm³/mol. The second-order valence-corrected chi connectivity index (χ2v) is 4.46. The van der Waals surface area contributed by atoms with E-state index < -0.39 is 5.97 Å². The Kier molecular flexibility index (Phi) is 4.28. The number of carboxylic acids is 1. The van der Waals surface area contributed by atoms with Crippen molar-refractivity contribution in [2.24, 2.45) is 0 Å². The summed E-state index contributed by atoms with van der Waals surface area (Å²) < 4.78 is 0. The first kappa shape index (κ1) is 13.3. The van der Waals surface area contributed by atoms with Crippen molar-refractivity contribution in [1.29, 1.82) is 0 Å². The summed E-state index contributed by atoms with van der Waals surface area (Å²) in [5, 5.41) is 22.2. The average molecular weight is 259 g/mol. The highest BCUT2D eigenvalue weighted by Crippen LogP contribution is 2.22. The minimum atomic E-state index is -0.749. The Morgan fingerprint density at radius 3 is 2.68 bits per heavy atom. The number of hydrogen-bond donors (Lipinski definition) is 2. The van der Waals surface area contributed by atoms with E-state index in [0.29, 0.717) is 13.0 Å². The molecule has 2 aromatic rings. The van der Waals surface area contributed by atoms with Crippen molar-refractivity contribution in [1.82, 2.24) is 10.2 Å². The number of hydrogen-bond acceptors (Lipinski definition) is 4. The fraction of sp³-hybridized carbons (Fsp3) is 0.357. The molecule has 0 fully saturated rings. The first-order chi connectivity index (χ1) is 9.18. The molecule has 5 nitrogen and oxygen atoms in total. The van der Waals surface area contributed by atoms with Crippen molar-refractivity contribution in [3.63, 3.8) is 0 Å². The number of unbranched alkanes of at least 4 members (excludes halogenated alkanes) is 1. The van der Waals surface area contributed by atoms with Crippen LogP contribution in [0.2, 0.25) is 0 Å². The summed E-state index contributed by atoms with van der Waals surface area (Å²) in [4.78, 5) is 10.4. The molecule has 0 saturated carbocycles. The molecule has 0 aliphatic heterocycles. The standard InChI is InChI=1S/C14H17N3O2/c1-10-11-6-2-3-7-12(11)14(17-16-10)15-9-5-4-8-13(18)19/h2-3,6-7H,4-5,8-9H2,1H3,(H,15,17)(H,18,19). The maximum atomic E-state index is 10.4. The fourth-order valence-electron chi connectivity index (χ4n) is 1.98. The molecule has 0 aliphatic carbocycles. The quantitative estimate of drug-likeness (QED) is 0.780. The van der Waals surface area contributed by atoms with Crippen molar-refractivity contribution < 1.29 is 9.90 Å². The first-order valence-electron chi connectivity index (χ1n) is 6.36. The Morgan fingerprint density at radius 2 is 1.95 bits per heavy atom. The fourth-order valence-corrected chi connectivity index (χ4v) is 1.98. The van der Waals surface area contributed by atoms with Gasteiger partial charge in [-0.1, -0.05) is 24.3 Å². The Balaban J connectivity index is 2.01. The van der Waals surface area contributed by atoms with E-state index in [1.807, 2.05) is 31.2 Å². The predicted octanol–water partition coefficient (Wildman–Crippen LogP) is 2.61. The number of aryl methyl sites for hydroxylation is 1. The summed E-state index contributed by atoms with van der Waals surface area (Å²) in [6.45, 7) is 2.64. The second-order valence-electron chi connectivity index (χ2n) is 4.46. The maximum Gasteiger partial charge on any atom is 0.303 e. The highest BCUT2D eigenvalue weighted by molar-refractivity contribution is 5.92. The maximum absolute atomic E-state index is 10.4. The Labute approximate surface area is 111 Å². The third kappa shape index (κ3) is 3.40. The van der Waals surface area contributed by atoms with Gasteiger partial charge in [0.15, 0.2) is 5.82 Å². The van der Waals surface area contributed by atoms with Gasteiger partial charge in [-0.2, -0.15) is 5.10 Å². The summed E-state index contributed by atoms with van der Waals surface area (Å²) in [5.41, 5.74) is 0.909. The highest BCUT2D eigenvalue weighted by atomic mass is 16.4. The van der Waals surface area contributed by atoms with E-state index >= 15 is 0 Å². The number of rotatable bonds is 6. The number of aliphatic carboxylic acids is 1. The van der Waals surface area contributed by atoms with E-state index in [2.05, 4.69) is 15.5 Å². The number of fused-ring (bicyclic) bond motifs is 1. The molecule has 100 valence electrons. The zero-order valence-corrected chi connectivity index (χ0v) is 10.9. The lowest BCUT2D eigenvalue weighted by Gasteiger charge is -2.08. The molecule has 1 aromatic carbocycles. The molecule has 0 unspecified atom stereocenters. The SMILES string of the molecule is Cc1nnc(NCCCCC(=O)O)c2ccccc12. The summed E-state index contributed by atoms with van der Waals surface area (Å²) in [6, 6.07) is 7.98. The van der Waals surface area contributed by atoms with Crippen LogP contribution in [0.4, 0.5) is 5.82 Å². The summed E-state index contributed by atoms with van der Waals surface area (Å²) in [7, 11) is 0. The topological polar surface area (TPSA) is 75.1 Å². The Bertz CT molecular complexity index is 584. The molecular weight excluding hydrogens is 242 g/mol. The van der Waals surface area contributed by atoms with Gasteiger partial charge in [-0.25, -0.2) is 0 Å². The van der Waals surface area contributed by atoms with E-state index in [4.69, 9.17) is 5.11 Å². The molecule has 0 aliphatic rings. The first-order valence-corrected chi connectivity index (χ1v) is 6.36. The molecular formula is C14H17N3O2. The van der Waals surface area contributed by atoms with Crippen molar-refractivity contribution in [3.8, 4) is 0 Å². The number of aromatic nitrogens is 2. The van der Waals surface area contributed by atoms with E-state index in [-0.39, 0.29) is 6.42 Å². The highest BCUT2D eigenvalue weighted by Gasteiger charge is 2.05. The van der Waals surface area contributed by atoms with E-state index in [0.717, 1.165) is 28.7 Å². The molecule has 1 aromatic heterocycles. The number of anilines is 1. The lowest BCUT2D eigenvalue weighted by molar-refractivity contribution is -0.137. The van der Waals surface area contributed by atoms with Gasteiger partial charge in [-0.05, 0) is 19.8 Å². The molecule has 0 spiro atoms. The van der Waals surface area contributed by atoms with Gasteiger partial charge in [0.05, 0.1) is 5.69 Å². The second kappa shape index (κ2) is 6.13. The van der Waals surface area contributed by atoms with Crippen LogP contribution in [0.3, 0.4) is 0 Å². The Hall–Kier alpha value is -2.17. The van der Waals surface area contributed by atoms with Crippen molar-refractivity contribution in [2.75, 3.05) is 11.9 Å². The summed E-state index contributed by atoms with van der Waals surface area (Å²) in [6.07, 6.45) is 1.68. The molecule has 0 amide bonds. The minimum Gasteiger partial charge on any atom is -0.481 e. The van der Waals surface area contributed by atoms with Gasteiger partial charge in [0, 0.05) is 23.7 Å². The molecule has 0 atom stereocenters. The molecule has 2 rings (SSSR count). The van der Waals surface area contributed by atoms with Crippen LogP contribution in [0.5, 0.6) is 0 Å². The minimum absolute atomic E-state index is 0.210. The van der Waals surface area contributed by atoms with Crippen LogP contribution >= 0.6 is 0 Å².